The number of carbonyl (C=O) groups is 1. The number of hydrogen-bond acceptors (Lipinski definition) is 4. The Labute approximate surface area is 157 Å². The van der Waals surface area contributed by atoms with Gasteiger partial charge in [0.1, 0.15) is 12.4 Å². The summed E-state index contributed by atoms with van der Waals surface area (Å²) in [6.45, 7) is 7.76. The van der Waals surface area contributed by atoms with Crippen LogP contribution in [0.15, 0.2) is 47.4 Å². The highest BCUT2D eigenvalue weighted by atomic mass is 16.5. The quantitative estimate of drug-likeness (QED) is 0.670. The molecule has 0 radical (unpaired) electrons. The van der Waals surface area contributed by atoms with E-state index in [1.807, 2.05) is 24.3 Å². The second kappa shape index (κ2) is 8.09. The van der Waals surface area contributed by atoms with Crippen molar-refractivity contribution in [2.45, 2.75) is 13.8 Å². The minimum Gasteiger partial charge on any atom is -0.492 e. The third-order valence-corrected chi connectivity index (χ3v) is 4.64. The van der Waals surface area contributed by atoms with Gasteiger partial charge >= 0.3 is 6.03 Å². The molecule has 0 bridgehead atoms. The summed E-state index contributed by atoms with van der Waals surface area (Å²) in [7, 11) is 0. The molecular formula is C20H24N4O3. The van der Waals surface area contributed by atoms with Gasteiger partial charge in [0.25, 0.3) is 5.56 Å². The van der Waals surface area contributed by atoms with Crippen molar-refractivity contribution in [2.75, 3.05) is 26.2 Å². The number of primary amides is 1. The highest BCUT2D eigenvalue weighted by Gasteiger charge is 2.11. The van der Waals surface area contributed by atoms with E-state index in [2.05, 4.69) is 23.7 Å². The molecule has 3 rings (SSSR count). The van der Waals surface area contributed by atoms with Crippen LogP contribution in [0.25, 0.3) is 22.2 Å². The topological polar surface area (TPSA) is 93.3 Å². The van der Waals surface area contributed by atoms with Crippen molar-refractivity contribution in [3.05, 3.63) is 52.9 Å². The summed E-state index contributed by atoms with van der Waals surface area (Å²) < 4.78 is 6.75. The smallest absolute Gasteiger partial charge is 0.325 e. The fourth-order valence-corrected chi connectivity index (χ4v) is 3.05. The van der Waals surface area contributed by atoms with E-state index in [0.717, 1.165) is 40.9 Å². The van der Waals surface area contributed by atoms with Gasteiger partial charge in [-0.25, -0.2) is 9.36 Å². The first kappa shape index (κ1) is 18.7. The average molecular weight is 368 g/mol. The van der Waals surface area contributed by atoms with Gasteiger partial charge in [-0.2, -0.15) is 0 Å². The SMILES string of the molecule is CCN(CC)CCOc1ccc2[nH]c(-c3cccn(C(N)=O)c3=O)cc2c1. The van der Waals surface area contributed by atoms with Crippen LogP contribution >= 0.6 is 0 Å². The number of hydrogen-bond donors (Lipinski definition) is 2. The van der Waals surface area contributed by atoms with E-state index in [1.54, 1.807) is 12.1 Å². The monoisotopic (exact) mass is 368 g/mol. The molecule has 0 aliphatic heterocycles. The molecule has 0 aliphatic carbocycles. The number of nitrogens with one attached hydrogen (secondary N) is 1. The maximum Gasteiger partial charge on any atom is 0.325 e. The van der Waals surface area contributed by atoms with Crippen molar-refractivity contribution in [3.8, 4) is 17.0 Å². The summed E-state index contributed by atoms with van der Waals surface area (Å²) >= 11 is 0. The number of likely N-dealkylation sites (N-methyl/N-ethyl adjacent to an activating group) is 1. The van der Waals surface area contributed by atoms with E-state index >= 15 is 0 Å². The van der Waals surface area contributed by atoms with Crippen LogP contribution in [0.1, 0.15) is 13.8 Å². The van der Waals surface area contributed by atoms with Gasteiger partial charge in [0, 0.05) is 23.6 Å². The first-order chi connectivity index (χ1) is 13.0. The summed E-state index contributed by atoms with van der Waals surface area (Å²) in [6.07, 6.45) is 1.36. The summed E-state index contributed by atoms with van der Waals surface area (Å²) in [5.74, 6) is 0.780. The molecule has 1 amide bonds. The highest BCUT2D eigenvalue weighted by Crippen LogP contribution is 2.25. The van der Waals surface area contributed by atoms with Crippen LogP contribution in [0.3, 0.4) is 0 Å². The zero-order chi connectivity index (χ0) is 19.4. The van der Waals surface area contributed by atoms with Gasteiger partial charge in [0.15, 0.2) is 0 Å². The molecule has 3 N–H and O–H groups in total. The molecule has 0 fully saturated rings. The molecular weight excluding hydrogens is 344 g/mol. The number of aromatic amines is 1. The molecule has 0 spiro atoms. The normalized spacial score (nSPS) is 11.2. The molecule has 2 aromatic heterocycles. The van der Waals surface area contributed by atoms with E-state index in [0.29, 0.717) is 17.9 Å². The lowest BCUT2D eigenvalue weighted by atomic mass is 10.2. The molecule has 0 saturated carbocycles. The molecule has 1 aromatic carbocycles. The van der Waals surface area contributed by atoms with Crippen molar-refractivity contribution < 1.29 is 9.53 Å². The first-order valence-corrected chi connectivity index (χ1v) is 9.03. The summed E-state index contributed by atoms with van der Waals surface area (Å²) in [6, 6.07) is 10.1. The Morgan fingerprint density at radius 3 is 2.70 bits per heavy atom. The Balaban J connectivity index is 1.83. The summed E-state index contributed by atoms with van der Waals surface area (Å²) in [4.78, 5) is 29.3. The number of rotatable bonds is 7. The third-order valence-electron chi connectivity index (χ3n) is 4.64. The largest absolute Gasteiger partial charge is 0.492 e. The number of carbonyl (C=O) groups excluding carboxylic acids is 1. The van der Waals surface area contributed by atoms with E-state index in [1.165, 1.54) is 6.20 Å². The second-order valence-corrected chi connectivity index (χ2v) is 6.24. The molecule has 7 heteroatoms. The van der Waals surface area contributed by atoms with Crippen LogP contribution in [0.5, 0.6) is 5.75 Å². The summed E-state index contributed by atoms with van der Waals surface area (Å²) in [5.41, 5.74) is 6.69. The van der Waals surface area contributed by atoms with Crippen molar-refractivity contribution in [2.24, 2.45) is 5.73 Å². The molecule has 2 heterocycles. The minimum atomic E-state index is -0.804. The summed E-state index contributed by atoms with van der Waals surface area (Å²) in [5, 5.41) is 0.930. The molecule has 0 atom stereocenters. The van der Waals surface area contributed by atoms with Gasteiger partial charge in [-0.1, -0.05) is 13.8 Å². The number of pyridine rings is 1. The zero-order valence-corrected chi connectivity index (χ0v) is 15.6. The molecule has 3 aromatic rings. The standard InChI is InChI=1S/C20H24N4O3/c1-3-23(4-2)10-11-27-15-7-8-17-14(12-15)13-18(22-17)16-6-5-9-24(19(16)25)20(21)26/h5-9,12-13,22H,3-4,10-11H2,1-2H3,(H2,21,26). The lowest BCUT2D eigenvalue weighted by Crippen LogP contribution is -2.31. The van der Waals surface area contributed by atoms with E-state index < -0.39 is 11.6 Å². The van der Waals surface area contributed by atoms with Crippen molar-refractivity contribution in [3.63, 3.8) is 0 Å². The van der Waals surface area contributed by atoms with Crippen molar-refractivity contribution in [1.29, 1.82) is 0 Å². The first-order valence-electron chi connectivity index (χ1n) is 9.03. The molecule has 142 valence electrons. The molecule has 27 heavy (non-hydrogen) atoms. The predicted octanol–water partition coefficient (Wildman–Crippen LogP) is 2.64. The predicted molar refractivity (Wildman–Crippen MR) is 106 cm³/mol. The number of nitrogens with two attached hydrogens (primary N) is 1. The fourth-order valence-electron chi connectivity index (χ4n) is 3.05. The Morgan fingerprint density at radius 2 is 2.00 bits per heavy atom. The number of H-pyrrole nitrogens is 1. The molecule has 0 aliphatic rings. The van der Waals surface area contributed by atoms with E-state index in [-0.39, 0.29) is 0 Å². The van der Waals surface area contributed by atoms with Gasteiger partial charge in [0.05, 0.1) is 11.3 Å². The van der Waals surface area contributed by atoms with Crippen LogP contribution in [0.2, 0.25) is 0 Å². The van der Waals surface area contributed by atoms with Crippen LogP contribution in [0, 0.1) is 0 Å². The molecule has 0 unspecified atom stereocenters. The lowest BCUT2D eigenvalue weighted by molar-refractivity contribution is 0.223. The maximum atomic E-state index is 12.4. The molecule has 7 nitrogen and oxygen atoms in total. The van der Waals surface area contributed by atoms with Gasteiger partial charge < -0.3 is 20.4 Å². The van der Waals surface area contributed by atoms with Gasteiger partial charge in [-0.05, 0) is 49.5 Å². The Hall–Kier alpha value is -3.06. The van der Waals surface area contributed by atoms with Crippen molar-refractivity contribution >= 4 is 16.9 Å². The number of ether oxygens (including phenoxy) is 1. The lowest BCUT2D eigenvalue weighted by Gasteiger charge is -2.17. The Morgan fingerprint density at radius 1 is 1.22 bits per heavy atom. The number of aromatic nitrogens is 2. The third kappa shape index (κ3) is 4.03. The highest BCUT2D eigenvalue weighted by molar-refractivity contribution is 5.87. The number of benzene rings is 1. The second-order valence-electron chi connectivity index (χ2n) is 6.24. The average Bonchev–Trinajstić information content (AvgIpc) is 3.08. The van der Waals surface area contributed by atoms with Crippen LogP contribution in [-0.2, 0) is 0 Å². The van der Waals surface area contributed by atoms with Gasteiger partial charge in [0.2, 0.25) is 0 Å². The van der Waals surface area contributed by atoms with Crippen LogP contribution < -0.4 is 16.0 Å². The minimum absolute atomic E-state index is 0.386. The zero-order valence-electron chi connectivity index (χ0n) is 15.6. The molecule has 0 saturated heterocycles. The Kier molecular flexibility index (Phi) is 5.61. The fraction of sp³-hybridized carbons (Fsp3) is 0.300. The van der Waals surface area contributed by atoms with E-state index in [9.17, 15) is 9.59 Å². The van der Waals surface area contributed by atoms with Crippen LogP contribution in [0.4, 0.5) is 4.79 Å². The number of amides is 1. The van der Waals surface area contributed by atoms with E-state index in [4.69, 9.17) is 10.5 Å². The maximum absolute atomic E-state index is 12.4. The number of fused-ring (bicyclic) bond motifs is 1. The van der Waals surface area contributed by atoms with Crippen LogP contribution in [-0.4, -0.2) is 46.7 Å². The van der Waals surface area contributed by atoms with Crippen molar-refractivity contribution in [1.82, 2.24) is 14.5 Å². The van der Waals surface area contributed by atoms with Gasteiger partial charge in [-0.15, -0.1) is 0 Å². The Bertz CT molecular complexity index is 1000. The van der Waals surface area contributed by atoms with Gasteiger partial charge in [-0.3, -0.25) is 4.79 Å². The number of nitrogens with zero attached hydrogens (tertiary/aromatic N) is 2.